The molecule has 0 rings (SSSR count). The van der Waals surface area contributed by atoms with Crippen LogP contribution in [0.25, 0.3) is 0 Å². The fourth-order valence-corrected chi connectivity index (χ4v) is 0.585. The van der Waals surface area contributed by atoms with Crippen LogP contribution in [0.5, 0.6) is 0 Å². The largest absolute Gasteiger partial charge is 0.367 e. The van der Waals surface area contributed by atoms with Gasteiger partial charge in [0.25, 0.3) is 0 Å². The van der Waals surface area contributed by atoms with Crippen LogP contribution in [-0.2, 0) is 24.0 Å². The second kappa shape index (κ2) is 7.02. The van der Waals surface area contributed by atoms with Crippen molar-refractivity contribution in [2.24, 2.45) is 0 Å². The Labute approximate surface area is 71.5 Å². The van der Waals surface area contributed by atoms with Gasteiger partial charge in [0.1, 0.15) is 0 Å². The molecule has 0 aliphatic rings. The van der Waals surface area contributed by atoms with E-state index in [2.05, 4.69) is 9.78 Å². The third-order valence-electron chi connectivity index (χ3n) is 1.01. The zero-order valence-corrected chi connectivity index (χ0v) is 7.53. The standard InChI is InChI=1S/C7H14O5/c1-4-10-6(2)11-5-7(8)12-9-3/h6H,4-5H2,1-3H3. The van der Waals surface area contributed by atoms with Crippen LogP contribution in [0.3, 0.4) is 0 Å². The first-order valence-corrected chi connectivity index (χ1v) is 3.67. The fraction of sp³-hybridized carbons (Fsp3) is 0.857. The number of hydrogen-bond donors (Lipinski definition) is 0. The van der Waals surface area contributed by atoms with E-state index in [1.54, 1.807) is 6.92 Å². The summed E-state index contributed by atoms with van der Waals surface area (Å²) in [6.07, 6.45) is -0.403. The molecule has 0 aromatic carbocycles. The Morgan fingerprint density at radius 3 is 2.58 bits per heavy atom. The van der Waals surface area contributed by atoms with Crippen molar-refractivity contribution in [2.75, 3.05) is 20.3 Å². The van der Waals surface area contributed by atoms with Gasteiger partial charge in [-0.25, -0.2) is 4.79 Å². The minimum absolute atomic E-state index is 0.172. The summed E-state index contributed by atoms with van der Waals surface area (Å²) < 4.78 is 9.92. The minimum Gasteiger partial charge on any atom is -0.353 e. The van der Waals surface area contributed by atoms with Gasteiger partial charge in [-0.05, 0) is 13.8 Å². The molecule has 0 heterocycles. The van der Waals surface area contributed by atoms with Crippen LogP contribution in [0.15, 0.2) is 0 Å². The highest BCUT2D eigenvalue weighted by molar-refractivity contribution is 5.69. The molecular formula is C7H14O5. The zero-order chi connectivity index (χ0) is 9.40. The van der Waals surface area contributed by atoms with Gasteiger partial charge < -0.3 is 9.47 Å². The lowest BCUT2D eigenvalue weighted by molar-refractivity contribution is -0.262. The molecular weight excluding hydrogens is 164 g/mol. The maximum atomic E-state index is 10.6. The Morgan fingerprint density at radius 2 is 2.08 bits per heavy atom. The highest BCUT2D eigenvalue weighted by Crippen LogP contribution is 1.93. The maximum absolute atomic E-state index is 10.6. The third kappa shape index (κ3) is 6.09. The van der Waals surface area contributed by atoms with Crippen molar-refractivity contribution in [1.82, 2.24) is 0 Å². The summed E-state index contributed by atoms with van der Waals surface area (Å²) in [5.41, 5.74) is 0. The predicted octanol–water partition coefficient (Wildman–Crippen LogP) is 0.490. The Kier molecular flexibility index (Phi) is 6.64. The summed E-state index contributed by atoms with van der Waals surface area (Å²) in [4.78, 5) is 18.9. The first-order chi connectivity index (χ1) is 5.70. The van der Waals surface area contributed by atoms with E-state index in [1.807, 2.05) is 6.92 Å². The van der Waals surface area contributed by atoms with Gasteiger partial charge in [0.05, 0.1) is 7.11 Å². The van der Waals surface area contributed by atoms with Crippen LogP contribution in [0.1, 0.15) is 13.8 Å². The van der Waals surface area contributed by atoms with Crippen LogP contribution in [0.2, 0.25) is 0 Å². The number of ether oxygens (including phenoxy) is 2. The second-order valence-electron chi connectivity index (χ2n) is 1.96. The number of carbonyl (C=O) groups excluding carboxylic acids is 1. The highest BCUT2D eigenvalue weighted by Gasteiger charge is 2.07. The van der Waals surface area contributed by atoms with E-state index in [0.717, 1.165) is 0 Å². The molecule has 5 nitrogen and oxygen atoms in total. The number of hydrogen-bond acceptors (Lipinski definition) is 5. The summed E-state index contributed by atoms with van der Waals surface area (Å²) in [5, 5.41) is 0. The number of rotatable bonds is 6. The normalized spacial score (nSPS) is 12.6. The molecule has 72 valence electrons. The van der Waals surface area contributed by atoms with Gasteiger partial charge >= 0.3 is 5.97 Å². The molecule has 0 spiro atoms. The summed E-state index contributed by atoms with van der Waals surface area (Å²) >= 11 is 0. The molecule has 0 aromatic rings. The third-order valence-corrected chi connectivity index (χ3v) is 1.01. The van der Waals surface area contributed by atoms with Gasteiger partial charge in [0.15, 0.2) is 12.9 Å². The van der Waals surface area contributed by atoms with E-state index in [9.17, 15) is 4.79 Å². The van der Waals surface area contributed by atoms with E-state index in [0.29, 0.717) is 6.61 Å². The molecule has 5 heteroatoms. The van der Waals surface area contributed by atoms with Crippen molar-refractivity contribution in [1.29, 1.82) is 0 Å². The van der Waals surface area contributed by atoms with E-state index in [-0.39, 0.29) is 6.61 Å². The lowest BCUT2D eigenvalue weighted by Crippen LogP contribution is -2.19. The first kappa shape index (κ1) is 11.4. The van der Waals surface area contributed by atoms with Gasteiger partial charge in [-0.15, -0.1) is 0 Å². The zero-order valence-electron chi connectivity index (χ0n) is 7.53. The summed E-state index contributed by atoms with van der Waals surface area (Å²) in [6, 6.07) is 0. The first-order valence-electron chi connectivity index (χ1n) is 3.67. The van der Waals surface area contributed by atoms with Crippen molar-refractivity contribution in [3.8, 4) is 0 Å². The average molecular weight is 178 g/mol. The molecule has 0 amide bonds. The van der Waals surface area contributed by atoms with Crippen LogP contribution < -0.4 is 0 Å². The van der Waals surface area contributed by atoms with Crippen LogP contribution in [0.4, 0.5) is 0 Å². The Hall–Kier alpha value is -0.650. The second-order valence-corrected chi connectivity index (χ2v) is 1.96. The molecule has 0 saturated heterocycles. The van der Waals surface area contributed by atoms with Gasteiger partial charge in [-0.1, -0.05) is 0 Å². The van der Waals surface area contributed by atoms with Crippen molar-refractivity contribution in [3.63, 3.8) is 0 Å². The predicted molar refractivity (Wildman–Crippen MR) is 40.1 cm³/mol. The van der Waals surface area contributed by atoms with Crippen molar-refractivity contribution in [2.45, 2.75) is 20.1 Å². The molecule has 0 N–H and O–H groups in total. The smallest absolute Gasteiger partial charge is 0.353 e. The molecule has 0 aliphatic carbocycles. The Bertz CT molecular complexity index is 125. The lowest BCUT2D eigenvalue weighted by atomic mass is 10.7. The van der Waals surface area contributed by atoms with E-state index < -0.39 is 12.3 Å². The van der Waals surface area contributed by atoms with E-state index in [4.69, 9.17) is 9.47 Å². The summed E-state index contributed by atoms with van der Waals surface area (Å²) in [7, 11) is 1.25. The van der Waals surface area contributed by atoms with Gasteiger partial charge in [0, 0.05) is 6.61 Å². The molecule has 1 unspecified atom stereocenters. The molecule has 0 aromatic heterocycles. The monoisotopic (exact) mass is 178 g/mol. The van der Waals surface area contributed by atoms with Crippen LogP contribution in [0, 0.1) is 0 Å². The SMILES string of the molecule is CCOC(C)OCC(=O)OOC. The quantitative estimate of drug-likeness (QED) is 0.336. The molecule has 0 saturated carbocycles. The molecule has 12 heavy (non-hydrogen) atoms. The Morgan fingerprint density at radius 1 is 1.42 bits per heavy atom. The molecule has 1 atom stereocenters. The van der Waals surface area contributed by atoms with Crippen LogP contribution in [-0.4, -0.2) is 32.6 Å². The lowest BCUT2D eigenvalue weighted by Gasteiger charge is -2.10. The topological polar surface area (TPSA) is 54.0 Å². The summed E-state index contributed by atoms with van der Waals surface area (Å²) in [5.74, 6) is -0.580. The average Bonchev–Trinajstić information content (AvgIpc) is 2.02. The molecule has 0 bridgehead atoms. The van der Waals surface area contributed by atoms with E-state index in [1.165, 1.54) is 7.11 Å². The maximum Gasteiger partial charge on any atom is 0.367 e. The molecule has 0 aliphatic heterocycles. The highest BCUT2D eigenvalue weighted by atomic mass is 17.2. The Balaban J connectivity index is 3.33. The van der Waals surface area contributed by atoms with Crippen molar-refractivity contribution >= 4 is 5.97 Å². The van der Waals surface area contributed by atoms with Gasteiger partial charge in [-0.3, -0.25) is 4.89 Å². The van der Waals surface area contributed by atoms with Gasteiger partial charge in [0.2, 0.25) is 0 Å². The van der Waals surface area contributed by atoms with E-state index >= 15 is 0 Å². The minimum atomic E-state index is -0.580. The fourth-order valence-electron chi connectivity index (χ4n) is 0.585. The number of carbonyl (C=O) groups is 1. The summed E-state index contributed by atoms with van der Waals surface area (Å²) in [6.45, 7) is 3.91. The van der Waals surface area contributed by atoms with Gasteiger partial charge in [-0.2, -0.15) is 4.89 Å². The van der Waals surface area contributed by atoms with Crippen molar-refractivity contribution in [3.05, 3.63) is 0 Å². The molecule has 0 fully saturated rings. The van der Waals surface area contributed by atoms with Crippen LogP contribution >= 0.6 is 0 Å². The van der Waals surface area contributed by atoms with Crippen molar-refractivity contribution < 1.29 is 24.0 Å². The molecule has 0 radical (unpaired) electrons.